The van der Waals surface area contributed by atoms with Crippen LogP contribution in [0.1, 0.15) is 6.92 Å². The fraction of sp³-hybridized carbons (Fsp3) is 0.727. The van der Waals surface area contributed by atoms with Crippen molar-refractivity contribution in [3.63, 3.8) is 0 Å². The Morgan fingerprint density at radius 1 is 1.10 bits per heavy atom. The van der Waals surface area contributed by atoms with Gasteiger partial charge >= 0.3 is 18.2 Å². The van der Waals surface area contributed by atoms with Crippen molar-refractivity contribution in [2.75, 3.05) is 39.3 Å². The highest BCUT2D eigenvalue weighted by atomic mass is 19.4. The minimum atomic E-state index is -4.67. The molecule has 7 nitrogen and oxygen atoms in total. The maximum absolute atomic E-state index is 12.4. The highest BCUT2D eigenvalue weighted by molar-refractivity contribution is 5.80. The monoisotopic (exact) mass is 311 g/mol. The zero-order chi connectivity index (χ0) is 16.2. The van der Waals surface area contributed by atoms with Gasteiger partial charge in [0.2, 0.25) is 5.91 Å². The van der Waals surface area contributed by atoms with Gasteiger partial charge in [-0.25, -0.2) is 4.79 Å². The fourth-order valence-corrected chi connectivity index (χ4v) is 1.98. The first kappa shape index (κ1) is 17.1. The molecule has 1 aliphatic rings. The van der Waals surface area contributed by atoms with Gasteiger partial charge in [0, 0.05) is 33.1 Å². The van der Waals surface area contributed by atoms with Crippen molar-refractivity contribution in [2.45, 2.75) is 13.1 Å². The summed E-state index contributed by atoms with van der Waals surface area (Å²) in [5, 5.41) is 8.61. The molecule has 0 bridgehead atoms. The number of carboxylic acid groups (broad SMARTS) is 1. The van der Waals surface area contributed by atoms with Crippen LogP contribution in [0, 0.1) is 0 Å². The largest absolute Gasteiger partial charge is 0.480 e. The number of rotatable bonds is 3. The fourth-order valence-electron chi connectivity index (χ4n) is 1.98. The molecular formula is C11H16F3N3O4. The van der Waals surface area contributed by atoms with Crippen molar-refractivity contribution in [1.29, 1.82) is 0 Å². The van der Waals surface area contributed by atoms with Gasteiger partial charge in [0.05, 0.1) is 0 Å². The van der Waals surface area contributed by atoms with Gasteiger partial charge in [0.25, 0.3) is 0 Å². The first-order valence-electron chi connectivity index (χ1n) is 6.18. The van der Waals surface area contributed by atoms with Gasteiger partial charge in [0.1, 0.15) is 13.1 Å². The second-order valence-electron chi connectivity index (χ2n) is 4.64. The number of halogens is 3. The Kier molecular flexibility index (Phi) is 5.39. The van der Waals surface area contributed by atoms with Crippen molar-refractivity contribution >= 4 is 17.9 Å². The number of carbonyl (C=O) groups excluding carboxylic acids is 2. The highest BCUT2D eigenvalue weighted by Gasteiger charge is 2.36. The zero-order valence-electron chi connectivity index (χ0n) is 11.4. The normalized spacial score (nSPS) is 15.8. The Morgan fingerprint density at radius 3 is 1.95 bits per heavy atom. The summed E-state index contributed by atoms with van der Waals surface area (Å²) in [5.74, 6) is -1.70. The molecule has 0 aromatic carbocycles. The lowest BCUT2D eigenvalue weighted by molar-refractivity contribution is -0.149. The Balaban J connectivity index is 2.68. The van der Waals surface area contributed by atoms with Gasteiger partial charge in [-0.05, 0) is 0 Å². The molecule has 1 fully saturated rings. The maximum Gasteiger partial charge on any atom is 0.406 e. The lowest BCUT2D eigenvalue weighted by Gasteiger charge is -2.37. The van der Waals surface area contributed by atoms with Crippen LogP contribution in [0.2, 0.25) is 0 Å². The van der Waals surface area contributed by atoms with E-state index < -0.39 is 31.3 Å². The third-order valence-electron chi connectivity index (χ3n) is 2.96. The molecule has 1 rings (SSSR count). The zero-order valence-corrected chi connectivity index (χ0v) is 11.4. The van der Waals surface area contributed by atoms with E-state index in [1.54, 1.807) is 0 Å². The van der Waals surface area contributed by atoms with E-state index in [4.69, 9.17) is 5.11 Å². The number of hydrogen-bond donors (Lipinski definition) is 1. The van der Waals surface area contributed by atoms with Crippen LogP contribution >= 0.6 is 0 Å². The maximum atomic E-state index is 12.4. The number of nitrogens with zero attached hydrogens (tertiary/aromatic N) is 3. The van der Waals surface area contributed by atoms with Crippen molar-refractivity contribution in [3.05, 3.63) is 0 Å². The Bertz CT molecular complexity index is 419. The smallest absolute Gasteiger partial charge is 0.406 e. The molecule has 0 unspecified atom stereocenters. The van der Waals surface area contributed by atoms with Crippen LogP contribution in [0.5, 0.6) is 0 Å². The first-order chi connectivity index (χ1) is 9.60. The quantitative estimate of drug-likeness (QED) is 0.808. The lowest BCUT2D eigenvalue weighted by Crippen LogP contribution is -2.55. The van der Waals surface area contributed by atoms with Crippen LogP contribution in [0.25, 0.3) is 0 Å². The second-order valence-corrected chi connectivity index (χ2v) is 4.64. The molecule has 3 amide bonds. The SMILES string of the molecule is CC(=O)N1CCN(C(=O)N(CC(=O)O)CC(F)(F)F)CC1. The van der Waals surface area contributed by atoms with E-state index >= 15 is 0 Å². The van der Waals surface area contributed by atoms with Crippen LogP contribution in [-0.4, -0.2) is 83.2 Å². The van der Waals surface area contributed by atoms with E-state index in [1.807, 2.05) is 0 Å². The molecular weight excluding hydrogens is 295 g/mol. The van der Waals surface area contributed by atoms with Gasteiger partial charge in [-0.2, -0.15) is 13.2 Å². The summed E-state index contributed by atoms with van der Waals surface area (Å²) in [6, 6.07) is -0.988. The first-order valence-corrected chi connectivity index (χ1v) is 6.18. The summed E-state index contributed by atoms with van der Waals surface area (Å²) in [4.78, 5) is 36.5. The van der Waals surface area contributed by atoms with Gasteiger partial charge < -0.3 is 19.8 Å². The van der Waals surface area contributed by atoms with E-state index in [1.165, 1.54) is 11.8 Å². The van der Waals surface area contributed by atoms with E-state index in [9.17, 15) is 27.6 Å². The van der Waals surface area contributed by atoms with Crippen molar-refractivity contribution in [1.82, 2.24) is 14.7 Å². The summed E-state index contributed by atoms with van der Waals surface area (Å²) in [5.41, 5.74) is 0. The molecule has 0 aromatic heterocycles. The molecule has 0 radical (unpaired) electrons. The molecule has 1 aliphatic heterocycles. The van der Waals surface area contributed by atoms with Crippen molar-refractivity contribution in [2.24, 2.45) is 0 Å². The Labute approximate surface area is 118 Å². The average molecular weight is 311 g/mol. The van der Waals surface area contributed by atoms with Crippen molar-refractivity contribution < 1.29 is 32.7 Å². The number of aliphatic carboxylic acids is 1. The van der Waals surface area contributed by atoms with Gasteiger partial charge in [-0.3, -0.25) is 9.59 Å². The third kappa shape index (κ3) is 5.48. The molecule has 10 heteroatoms. The average Bonchev–Trinajstić information content (AvgIpc) is 2.35. The predicted octanol–water partition coefficient (Wildman–Crippen LogP) is 0.219. The van der Waals surface area contributed by atoms with Crippen LogP contribution < -0.4 is 0 Å². The van der Waals surface area contributed by atoms with Crippen LogP contribution in [-0.2, 0) is 9.59 Å². The topological polar surface area (TPSA) is 81.2 Å². The molecule has 1 N–H and O–H groups in total. The molecule has 0 saturated carbocycles. The molecule has 0 atom stereocenters. The molecule has 0 aromatic rings. The van der Waals surface area contributed by atoms with Gasteiger partial charge in [-0.15, -0.1) is 0 Å². The van der Waals surface area contributed by atoms with Crippen LogP contribution in [0.15, 0.2) is 0 Å². The van der Waals surface area contributed by atoms with E-state index in [0.717, 1.165) is 4.90 Å². The summed E-state index contributed by atoms with van der Waals surface area (Å²) in [6.45, 7) is -0.699. The Morgan fingerprint density at radius 2 is 1.57 bits per heavy atom. The number of alkyl halides is 3. The van der Waals surface area contributed by atoms with Crippen LogP contribution in [0.3, 0.4) is 0 Å². The number of amides is 3. The van der Waals surface area contributed by atoms with Gasteiger partial charge in [0.15, 0.2) is 0 Å². The number of piperazine rings is 1. The van der Waals surface area contributed by atoms with Gasteiger partial charge in [-0.1, -0.05) is 0 Å². The lowest BCUT2D eigenvalue weighted by atomic mass is 10.3. The van der Waals surface area contributed by atoms with Crippen LogP contribution in [0.4, 0.5) is 18.0 Å². The van der Waals surface area contributed by atoms with E-state index in [-0.39, 0.29) is 37.0 Å². The summed E-state index contributed by atoms with van der Waals surface area (Å²) in [7, 11) is 0. The van der Waals surface area contributed by atoms with Crippen molar-refractivity contribution in [3.8, 4) is 0 Å². The summed E-state index contributed by atoms with van der Waals surface area (Å²) in [6.07, 6.45) is -4.67. The van der Waals surface area contributed by atoms with E-state index in [0.29, 0.717) is 0 Å². The molecule has 120 valence electrons. The predicted molar refractivity (Wildman–Crippen MR) is 64.5 cm³/mol. The number of carboxylic acids is 1. The number of hydrogen-bond acceptors (Lipinski definition) is 3. The minimum absolute atomic E-state index is 0.0758. The summed E-state index contributed by atoms with van der Waals surface area (Å²) < 4.78 is 37.2. The molecule has 21 heavy (non-hydrogen) atoms. The molecule has 0 aliphatic carbocycles. The summed E-state index contributed by atoms with van der Waals surface area (Å²) >= 11 is 0. The highest BCUT2D eigenvalue weighted by Crippen LogP contribution is 2.18. The molecule has 1 saturated heterocycles. The van der Waals surface area contributed by atoms with E-state index in [2.05, 4.69) is 0 Å². The second kappa shape index (κ2) is 6.64. The molecule has 0 spiro atoms. The minimum Gasteiger partial charge on any atom is -0.480 e. The standard InChI is InChI=1S/C11H16F3N3O4/c1-8(18)15-2-4-16(5-3-15)10(21)17(6-9(19)20)7-11(12,13)14/h2-7H2,1H3,(H,19,20). The number of carbonyl (C=O) groups is 3. The number of urea groups is 1. The third-order valence-corrected chi connectivity index (χ3v) is 2.96. The Hall–Kier alpha value is -2.00. The molecule has 1 heterocycles.